The number of anilines is 1. The number of amides is 1. The van der Waals surface area contributed by atoms with Gasteiger partial charge in [0, 0.05) is 24.2 Å². The number of aromatic carboxylic acids is 1. The average Bonchev–Trinajstić information content (AvgIpc) is 3.06. The number of rotatable bonds is 3. The molecular weight excluding hydrogens is 401 g/mol. The van der Waals surface area contributed by atoms with Crippen LogP contribution in [0.5, 0.6) is 5.75 Å². The van der Waals surface area contributed by atoms with Gasteiger partial charge in [0.2, 0.25) is 5.91 Å². The molecule has 2 heterocycles. The summed E-state index contributed by atoms with van der Waals surface area (Å²) in [5, 5.41) is 22.0. The van der Waals surface area contributed by atoms with E-state index >= 15 is 0 Å². The number of phenolic OH excluding ortho intramolecular Hbond substituents is 1. The smallest absolute Gasteiger partial charge is 0.416 e. The number of fused-ring (bicyclic) bond motifs is 1. The van der Waals surface area contributed by atoms with Crippen molar-refractivity contribution in [3.05, 3.63) is 77.1 Å². The van der Waals surface area contributed by atoms with Crippen molar-refractivity contribution in [3.63, 3.8) is 0 Å². The number of carboxylic acids is 1. The first-order valence-electron chi connectivity index (χ1n) is 8.90. The Hall–Kier alpha value is -3.75. The number of aromatic nitrogens is 1. The molecule has 3 aromatic rings. The van der Waals surface area contributed by atoms with E-state index in [0.717, 1.165) is 12.1 Å². The second kappa shape index (κ2) is 6.94. The molecule has 0 saturated carbocycles. The number of carboxylic acid groups (broad SMARTS) is 1. The summed E-state index contributed by atoms with van der Waals surface area (Å²) in [6.45, 7) is 0. The quantitative estimate of drug-likeness (QED) is 0.591. The Bertz CT molecular complexity index is 1170. The second-order valence-electron chi connectivity index (χ2n) is 6.93. The van der Waals surface area contributed by atoms with Gasteiger partial charge in [-0.05, 0) is 35.9 Å². The SMILES string of the molecule is O=C1C[C@@H](c2cccc(O)c2)c2c(c(C(=O)O)cn2-c2cccc(C(F)(F)F)c2)N1. The highest BCUT2D eigenvalue weighted by molar-refractivity contribution is 6.04. The Morgan fingerprint density at radius 2 is 1.87 bits per heavy atom. The van der Waals surface area contributed by atoms with Crippen molar-refractivity contribution in [1.82, 2.24) is 4.57 Å². The van der Waals surface area contributed by atoms with E-state index in [1.165, 1.54) is 35.0 Å². The van der Waals surface area contributed by atoms with Gasteiger partial charge in [-0.3, -0.25) is 4.79 Å². The van der Waals surface area contributed by atoms with Crippen molar-refractivity contribution < 1.29 is 33.0 Å². The van der Waals surface area contributed by atoms with Gasteiger partial charge in [0.05, 0.1) is 16.9 Å². The van der Waals surface area contributed by atoms with Crippen molar-refractivity contribution >= 4 is 17.6 Å². The molecule has 0 bridgehead atoms. The van der Waals surface area contributed by atoms with Crippen molar-refractivity contribution in [2.75, 3.05) is 5.32 Å². The van der Waals surface area contributed by atoms with E-state index in [2.05, 4.69) is 5.32 Å². The number of benzene rings is 2. The first kappa shape index (κ1) is 19.6. The number of carbonyl (C=O) groups excluding carboxylic acids is 1. The molecule has 0 unspecified atom stereocenters. The topological polar surface area (TPSA) is 91.6 Å². The Morgan fingerprint density at radius 3 is 2.53 bits per heavy atom. The van der Waals surface area contributed by atoms with E-state index in [1.807, 2.05) is 0 Å². The fourth-order valence-corrected chi connectivity index (χ4v) is 3.69. The minimum atomic E-state index is -4.57. The van der Waals surface area contributed by atoms with E-state index < -0.39 is 29.5 Å². The normalized spacial score (nSPS) is 16.1. The monoisotopic (exact) mass is 416 g/mol. The van der Waals surface area contributed by atoms with Crippen LogP contribution < -0.4 is 5.32 Å². The van der Waals surface area contributed by atoms with E-state index in [0.29, 0.717) is 11.3 Å². The van der Waals surface area contributed by atoms with Crippen LogP contribution in [-0.4, -0.2) is 26.7 Å². The Balaban J connectivity index is 1.97. The maximum atomic E-state index is 13.2. The number of alkyl halides is 3. The van der Waals surface area contributed by atoms with E-state index in [-0.39, 0.29) is 29.1 Å². The molecule has 3 N–H and O–H groups in total. The van der Waals surface area contributed by atoms with Crippen molar-refractivity contribution in [3.8, 4) is 11.4 Å². The number of phenols is 1. The molecule has 1 aliphatic rings. The summed E-state index contributed by atoms with van der Waals surface area (Å²) in [5.41, 5.74) is -0.112. The van der Waals surface area contributed by atoms with Gasteiger partial charge in [-0.25, -0.2) is 4.79 Å². The van der Waals surface area contributed by atoms with E-state index in [4.69, 9.17) is 0 Å². The summed E-state index contributed by atoms with van der Waals surface area (Å²) in [6.07, 6.45) is -3.43. The maximum absolute atomic E-state index is 13.2. The molecule has 2 aromatic carbocycles. The fourth-order valence-electron chi connectivity index (χ4n) is 3.69. The molecule has 0 spiro atoms. The largest absolute Gasteiger partial charge is 0.508 e. The molecule has 0 aliphatic carbocycles. The van der Waals surface area contributed by atoms with Crippen LogP contribution in [0.15, 0.2) is 54.7 Å². The lowest BCUT2D eigenvalue weighted by atomic mass is 9.88. The van der Waals surface area contributed by atoms with Gasteiger partial charge in [0.15, 0.2) is 0 Å². The van der Waals surface area contributed by atoms with E-state index in [9.17, 15) is 33.0 Å². The van der Waals surface area contributed by atoms with Gasteiger partial charge in [0.25, 0.3) is 0 Å². The van der Waals surface area contributed by atoms with Crippen LogP contribution in [0.4, 0.5) is 18.9 Å². The number of hydrogen-bond donors (Lipinski definition) is 3. The van der Waals surface area contributed by atoms with Crippen LogP contribution in [0.2, 0.25) is 0 Å². The van der Waals surface area contributed by atoms with Crippen LogP contribution in [0.1, 0.15) is 39.5 Å². The standard InChI is InChI=1S/C21H15F3N2O4/c22-21(23,24)12-4-2-5-13(8-12)26-10-16(20(29)30)18-19(26)15(9-17(28)25-18)11-3-1-6-14(27)7-11/h1-8,10,15,27H,9H2,(H,25,28)(H,29,30)/t15-/m0/s1. The second-order valence-corrected chi connectivity index (χ2v) is 6.93. The highest BCUT2D eigenvalue weighted by atomic mass is 19.4. The number of nitrogens with zero attached hydrogens (tertiary/aromatic N) is 1. The third-order valence-corrected chi connectivity index (χ3v) is 4.98. The minimum Gasteiger partial charge on any atom is -0.508 e. The van der Waals surface area contributed by atoms with Crippen LogP contribution >= 0.6 is 0 Å². The number of nitrogens with one attached hydrogen (secondary N) is 1. The zero-order valence-electron chi connectivity index (χ0n) is 15.3. The van der Waals surface area contributed by atoms with Crippen LogP contribution in [0, 0.1) is 0 Å². The number of aromatic hydroxyl groups is 1. The molecule has 0 radical (unpaired) electrons. The molecular formula is C21H15F3N2O4. The van der Waals surface area contributed by atoms with Crippen molar-refractivity contribution in [2.24, 2.45) is 0 Å². The summed E-state index contributed by atoms with van der Waals surface area (Å²) >= 11 is 0. The zero-order chi connectivity index (χ0) is 21.6. The number of carbonyl (C=O) groups is 2. The third-order valence-electron chi connectivity index (χ3n) is 4.98. The van der Waals surface area contributed by atoms with Crippen molar-refractivity contribution in [2.45, 2.75) is 18.5 Å². The van der Waals surface area contributed by atoms with Gasteiger partial charge < -0.3 is 20.1 Å². The highest BCUT2D eigenvalue weighted by Gasteiger charge is 2.35. The zero-order valence-corrected chi connectivity index (χ0v) is 15.3. The van der Waals surface area contributed by atoms with Gasteiger partial charge in [0.1, 0.15) is 11.3 Å². The minimum absolute atomic E-state index is 0.0319. The molecule has 4 rings (SSSR count). The molecule has 1 amide bonds. The highest BCUT2D eigenvalue weighted by Crippen LogP contribution is 2.42. The van der Waals surface area contributed by atoms with Crippen molar-refractivity contribution in [1.29, 1.82) is 0 Å². The molecule has 6 nitrogen and oxygen atoms in total. The molecule has 1 aliphatic heterocycles. The molecule has 0 fully saturated rings. The van der Waals surface area contributed by atoms with Crippen LogP contribution in [-0.2, 0) is 11.0 Å². The molecule has 0 saturated heterocycles. The van der Waals surface area contributed by atoms with Crippen LogP contribution in [0.25, 0.3) is 5.69 Å². The molecule has 9 heteroatoms. The first-order chi connectivity index (χ1) is 14.1. The Labute approximate surface area is 168 Å². The predicted octanol–water partition coefficient (Wildman–Crippen LogP) is 4.37. The lowest BCUT2D eigenvalue weighted by molar-refractivity contribution is -0.137. The van der Waals surface area contributed by atoms with E-state index in [1.54, 1.807) is 12.1 Å². The predicted molar refractivity (Wildman–Crippen MR) is 101 cm³/mol. The summed E-state index contributed by atoms with van der Waals surface area (Å²) in [4.78, 5) is 24.0. The lowest BCUT2D eigenvalue weighted by Crippen LogP contribution is -2.25. The molecule has 1 aromatic heterocycles. The average molecular weight is 416 g/mol. The maximum Gasteiger partial charge on any atom is 0.416 e. The van der Waals surface area contributed by atoms with Gasteiger partial charge >= 0.3 is 12.1 Å². The third kappa shape index (κ3) is 3.38. The van der Waals surface area contributed by atoms with Gasteiger partial charge in [-0.2, -0.15) is 13.2 Å². The summed E-state index contributed by atoms with van der Waals surface area (Å²) in [7, 11) is 0. The number of halogens is 3. The molecule has 1 atom stereocenters. The Morgan fingerprint density at radius 1 is 1.13 bits per heavy atom. The summed E-state index contributed by atoms with van der Waals surface area (Å²) in [5.74, 6) is -2.46. The molecule has 154 valence electrons. The molecule has 30 heavy (non-hydrogen) atoms. The lowest BCUT2D eigenvalue weighted by Gasteiger charge is -2.26. The fraction of sp³-hybridized carbons (Fsp3) is 0.143. The number of hydrogen-bond acceptors (Lipinski definition) is 3. The Kier molecular flexibility index (Phi) is 4.53. The first-order valence-corrected chi connectivity index (χ1v) is 8.90. The van der Waals surface area contributed by atoms with Gasteiger partial charge in [-0.15, -0.1) is 0 Å². The summed E-state index contributed by atoms with van der Waals surface area (Å²) < 4.78 is 41.0. The van der Waals surface area contributed by atoms with Gasteiger partial charge in [-0.1, -0.05) is 18.2 Å². The summed E-state index contributed by atoms with van der Waals surface area (Å²) in [6, 6.07) is 10.6. The van der Waals surface area contributed by atoms with Crippen LogP contribution in [0.3, 0.4) is 0 Å².